The topological polar surface area (TPSA) is 131 Å². The van der Waals surface area contributed by atoms with Crippen LogP contribution in [0, 0.1) is 5.41 Å². The Hall–Kier alpha value is -4.50. The van der Waals surface area contributed by atoms with Crippen molar-refractivity contribution in [1.29, 1.82) is 0 Å². The minimum atomic E-state index is -1.08. The second-order valence-electron chi connectivity index (χ2n) is 10.9. The maximum atomic E-state index is 13.8. The smallest absolute Gasteiger partial charge is 0.327 e. The van der Waals surface area contributed by atoms with Gasteiger partial charge in [-0.25, -0.2) is 0 Å². The number of carboxylic acids is 1. The van der Waals surface area contributed by atoms with Crippen LogP contribution < -0.4 is 10.6 Å². The van der Waals surface area contributed by atoms with Gasteiger partial charge in [-0.15, -0.1) is 0 Å². The third-order valence-corrected chi connectivity index (χ3v) is 6.53. The van der Waals surface area contributed by atoms with E-state index in [1.54, 1.807) is 20.8 Å². The molecular formula is C33H38N2O7. The highest BCUT2D eigenvalue weighted by atomic mass is 16.7. The summed E-state index contributed by atoms with van der Waals surface area (Å²) >= 11 is 0. The van der Waals surface area contributed by atoms with E-state index in [-0.39, 0.29) is 19.4 Å². The summed E-state index contributed by atoms with van der Waals surface area (Å²) in [6.45, 7) is 4.43. The van der Waals surface area contributed by atoms with Crippen LogP contribution in [-0.2, 0) is 35.1 Å². The first-order chi connectivity index (χ1) is 20.1. The lowest BCUT2D eigenvalue weighted by molar-refractivity contribution is -0.174. The van der Waals surface area contributed by atoms with Gasteiger partial charge >= 0.3 is 17.9 Å². The van der Waals surface area contributed by atoms with Crippen molar-refractivity contribution in [3.63, 3.8) is 0 Å². The van der Waals surface area contributed by atoms with Crippen molar-refractivity contribution in [3.05, 3.63) is 108 Å². The number of carboxylic acid groups (broad SMARTS) is 1. The van der Waals surface area contributed by atoms with Crippen molar-refractivity contribution in [3.8, 4) is 0 Å². The molecule has 0 bridgehead atoms. The molecule has 3 rings (SSSR count). The molecule has 0 aliphatic carbocycles. The number of aliphatic carboxylic acids is 1. The monoisotopic (exact) mass is 574 g/mol. The standard InChI is InChI=1S/C33H38N2O7/c1-33(2,3)32(40)42-22-41-31(39)29(28(24-15-9-5-10-16-24)25-17-11-6-12-18-25)35-26(21-23-13-7-4-8-14-23)30(38)34-20-19-27(36)37/h4-18,26,28-29,35H,19-22H2,1-3H3,(H,34,38)(H,36,37)/t26-,29?/m0/s1. The molecular weight excluding hydrogens is 536 g/mol. The lowest BCUT2D eigenvalue weighted by Crippen LogP contribution is -2.54. The van der Waals surface area contributed by atoms with Gasteiger partial charge in [-0.2, -0.15) is 0 Å². The third-order valence-electron chi connectivity index (χ3n) is 6.53. The molecule has 0 spiro atoms. The van der Waals surface area contributed by atoms with Crippen molar-refractivity contribution in [2.24, 2.45) is 5.41 Å². The van der Waals surface area contributed by atoms with Crippen molar-refractivity contribution in [1.82, 2.24) is 10.6 Å². The Labute approximate surface area is 246 Å². The van der Waals surface area contributed by atoms with Crippen molar-refractivity contribution in [2.75, 3.05) is 13.3 Å². The molecule has 1 unspecified atom stereocenters. The Morgan fingerprint density at radius 2 is 1.31 bits per heavy atom. The molecule has 9 nitrogen and oxygen atoms in total. The fourth-order valence-corrected chi connectivity index (χ4v) is 4.36. The zero-order valence-corrected chi connectivity index (χ0v) is 24.1. The summed E-state index contributed by atoms with van der Waals surface area (Å²) in [6, 6.07) is 26.0. The van der Waals surface area contributed by atoms with Crippen molar-refractivity contribution >= 4 is 23.8 Å². The number of rotatable bonds is 14. The molecule has 0 saturated heterocycles. The van der Waals surface area contributed by atoms with Crippen LogP contribution in [-0.4, -0.2) is 54.3 Å². The molecule has 2 atom stereocenters. The number of ether oxygens (including phenoxy) is 2. The number of hydrogen-bond donors (Lipinski definition) is 3. The number of benzene rings is 3. The van der Waals surface area contributed by atoms with Crippen LogP contribution in [0.25, 0.3) is 0 Å². The van der Waals surface area contributed by atoms with E-state index in [1.807, 2.05) is 91.0 Å². The van der Waals surface area contributed by atoms with Crippen molar-refractivity contribution in [2.45, 2.75) is 51.6 Å². The van der Waals surface area contributed by atoms with Gasteiger partial charge in [-0.3, -0.25) is 24.5 Å². The van der Waals surface area contributed by atoms with Crippen LogP contribution in [0.15, 0.2) is 91.0 Å². The fraction of sp³-hybridized carbons (Fsp3) is 0.333. The third kappa shape index (κ3) is 9.85. The van der Waals surface area contributed by atoms with Gasteiger partial charge in [0.15, 0.2) is 0 Å². The van der Waals surface area contributed by atoms with E-state index in [4.69, 9.17) is 14.6 Å². The predicted molar refractivity (Wildman–Crippen MR) is 157 cm³/mol. The number of amides is 1. The van der Waals surface area contributed by atoms with E-state index in [2.05, 4.69) is 10.6 Å². The molecule has 0 aromatic heterocycles. The molecule has 9 heteroatoms. The normalized spacial score (nSPS) is 12.7. The van der Waals surface area contributed by atoms with E-state index in [1.165, 1.54) is 0 Å². The molecule has 0 aliphatic rings. The van der Waals surface area contributed by atoms with Gasteiger partial charge in [0.05, 0.1) is 17.9 Å². The van der Waals surface area contributed by atoms with Crippen LogP contribution in [0.1, 0.15) is 49.8 Å². The number of esters is 2. The van der Waals surface area contributed by atoms with E-state index in [0.29, 0.717) is 0 Å². The van der Waals surface area contributed by atoms with Crippen LogP contribution in [0.3, 0.4) is 0 Å². The first-order valence-corrected chi connectivity index (χ1v) is 13.8. The van der Waals surface area contributed by atoms with E-state index in [9.17, 15) is 19.2 Å². The summed E-state index contributed by atoms with van der Waals surface area (Å²) in [5.41, 5.74) is 1.66. The summed E-state index contributed by atoms with van der Waals surface area (Å²) < 4.78 is 10.7. The minimum Gasteiger partial charge on any atom is -0.481 e. The van der Waals surface area contributed by atoms with Crippen LogP contribution in [0.2, 0.25) is 0 Å². The zero-order valence-electron chi connectivity index (χ0n) is 24.1. The summed E-state index contributed by atoms with van der Waals surface area (Å²) in [5.74, 6) is -3.32. The molecule has 1 amide bonds. The largest absolute Gasteiger partial charge is 0.481 e. The van der Waals surface area contributed by atoms with E-state index in [0.717, 1.165) is 16.7 Å². The van der Waals surface area contributed by atoms with Gasteiger partial charge in [0.1, 0.15) is 6.04 Å². The molecule has 222 valence electrons. The predicted octanol–water partition coefficient (Wildman–Crippen LogP) is 4.07. The summed E-state index contributed by atoms with van der Waals surface area (Å²) in [7, 11) is 0. The van der Waals surface area contributed by atoms with Gasteiger partial charge < -0.3 is 19.9 Å². The van der Waals surface area contributed by atoms with E-state index >= 15 is 0 Å². The number of nitrogens with one attached hydrogen (secondary N) is 2. The zero-order chi connectivity index (χ0) is 30.5. The molecule has 3 aromatic rings. The molecule has 0 saturated carbocycles. The maximum absolute atomic E-state index is 13.8. The van der Waals surface area contributed by atoms with Gasteiger partial charge in [-0.05, 0) is 43.9 Å². The molecule has 0 fully saturated rings. The van der Waals surface area contributed by atoms with Gasteiger partial charge in [0.2, 0.25) is 12.7 Å². The highest BCUT2D eigenvalue weighted by molar-refractivity contribution is 5.85. The second kappa shape index (κ2) is 15.5. The Balaban J connectivity index is 1.99. The lowest BCUT2D eigenvalue weighted by atomic mass is 9.84. The average molecular weight is 575 g/mol. The van der Waals surface area contributed by atoms with Gasteiger partial charge in [0, 0.05) is 12.5 Å². The molecule has 0 heterocycles. The maximum Gasteiger partial charge on any atom is 0.327 e. The molecule has 3 N–H and O–H groups in total. The molecule has 0 radical (unpaired) electrons. The number of carbonyl (C=O) groups excluding carboxylic acids is 3. The van der Waals surface area contributed by atoms with E-state index < -0.39 is 54.0 Å². The van der Waals surface area contributed by atoms with Gasteiger partial charge in [-0.1, -0.05) is 91.0 Å². The van der Waals surface area contributed by atoms with Crippen molar-refractivity contribution < 1.29 is 33.8 Å². The number of hydrogen-bond acceptors (Lipinski definition) is 7. The average Bonchev–Trinajstić information content (AvgIpc) is 2.97. The van der Waals surface area contributed by atoms with Gasteiger partial charge in [0.25, 0.3) is 0 Å². The van der Waals surface area contributed by atoms with Crippen LogP contribution in [0.4, 0.5) is 0 Å². The highest BCUT2D eigenvalue weighted by Gasteiger charge is 2.36. The minimum absolute atomic E-state index is 0.0696. The number of carbonyl (C=O) groups is 4. The Morgan fingerprint density at radius 1 is 0.786 bits per heavy atom. The van der Waals surface area contributed by atoms with Crippen LogP contribution >= 0.6 is 0 Å². The molecule has 3 aromatic carbocycles. The SMILES string of the molecule is CC(C)(C)C(=O)OCOC(=O)C(N[C@@H](Cc1ccccc1)C(=O)NCCC(=O)O)C(c1ccccc1)c1ccccc1. The summed E-state index contributed by atoms with van der Waals surface area (Å²) in [4.78, 5) is 50.5. The Kier molecular flexibility index (Phi) is 11.8. The Morgan fingerprint density at radius 3 is 1.81 bits per heavy atom. The first-order valence-electron chi connectivity index (χ1n) is 13.8. The second-order valence-corrected chi connectivity index (χ2v) is 10.9. The highest BCUT2D eigenvalue weighted by Crippen LogP contribution is 2.29. The molecule has 0 aliphatic heterocycles. The summed E-state index contributed by atoms with van der Waals surface area (Å²) in [5, 5.41) is 15.0. The molecule has 42 heavy (non-hydrogen) atoms. The quantitative estimate of drug-likeness (QED) is 0.194. The van der Waals surface area contributed by atoms with Crippen LogP contribution in [0.5, 0.6) is 0 Å². The summed E-state index contributed by atoms with van der Waals surface area (Å²) in [6.07, 6.45) is -0.0239. The Bertz CT molecular complexity index is 1270. The lowest BCUT2D eigenvalue weighted by Gasteiger charge is -2.31. The fourth-order valence-electron chi connectivity index (χ4n) is 4.36. The first kappa shape index (κ1) is 32.0.